The highest BCUT2D eigenvalue weighted by molar-refractivity contribution is 9.13. The van der Waals surface area contributed by atoms with E-state index in [-0.39, 0.29) is 0 Å². The molecule has 1 saturated heterocycles. The Morgan fingerprint density at radius 2 is 2.15 bits per heavy atom. The summed E-state index contributed by atoms with van der Waals surface area (Å²) in [5, 5.41) is 3.49. The van der Waals surface area contributed by atoms with Gasteiger partial charge in [-0.2, -0.15) is 0 Å². The van der Waals surface area contributed by atoms with Gasteiger partial charge in [-0.25, -0.2) is 0 Å². The standard InChI is InChI=1S/C10H11Br2N/c11-8-4-1-3-7(10(8)12)9-5-2-6-13-9/h1,3-4,9,13H,2,5-6H2. The van der Waals surface area contributed by atoms with Gasteiger partial charge in [-0.1, -0.05) is 12.1 Å². The topological polar surface area (TPSA) is 12.0 Å². The Morgan fingerprint density at radius 3 is 2.85 bits per heavy atom. The van der Waals surface area contributed by atoms with Gasteiger partial charge in [-0.15, -0.1) is 0 Å². The van der Waals surface area contributed by atoms with Gasteiger partial charge in [0.1, 0.15) is 0 Å². The van der Waals surface area contributed by atoms with Gasteiger partial charge in [-0.05, 0) is 62.9 Å². The Morgan fingerprint density at radius 1 is 1.31 bits per heavy atom. The molecule has 0 bridgehead atoms. The Balaban J connectivity index is 2.33. The normalized spacial score (nSPS) is 22.2. The molecule has 2 rings (SSSR count). The largest absolute Gasteiger partial charge is 0.310 e. The molecule has 0 amide bonds. The molecule has 1 fully saturated rings. The van der Waals surface area contributed by atoms with Crippen LogP contribution in [0, 0.1) is 0 Å². The highest BCUT2D eigenvalue weighted by Crippen LogP contribution is 2.33. The lowest BCUT2D eigenvalue weighted by molar-refractivity contribution is 0.644. The van der Waals surface area contributed by atoms with Crippen LogP contribution in [0.4, 0.5) is 0 Å². The van der Waals surface area contributed by atoms with Crippen molar-refractivity contribution in [3.8, 4) is 0 Å². The molecule has 0 saturated carbocycles. The summed E-state index contributed by atoms with van der Waals surface area (Å²) in [6, 6.07) is 6.86. The molecule has 1 aromatic rings. The second kappa shape index (κ2) is 4.11. The maximum absolute atomic E-state index is 3.60. The van der Waals surface area contributed by atoms with E-state index in [0.717, 1.165) is 11.0 Å². The summed E-state index contributed by atoms with van der Waals surface area (Å²) in [5.74, 6) is 0. The third-order valence-electron chi connectivity index (χ3n) is 2.42. The van der Waals surface area contributed by atoms with Crippen LogP contribution in [-0.4, -0.2) is 6.54 Å². The molecule has 1 aromatic carbocycles. The summed E-state index contributed by atoms with van der Waals surface area (Å²) >= 11 is 7.12. The summed E-state index contributed by atoms with van der Waals surface area (Å²) in [6.07, 6.45) is 2.53. The Labute approximate surface area is 95.2 Å². The summed E-state index contributed by atoms with van der Waals surface area (Å²) in [5.41, 5.74) is 1.37. The Hall–Kier alpha value is 0.140. The fourth-order valence-electron chi connectivity index (χ4n) is 1.74. The lowest BCUT2D eigenvalue weighted by atomic mass is 10.1. The first-order chi connectivity index (χ1) is 6.29. The molecule has 0 spiro atoms. The summed E-state index contributed by atoms with van der Waals surface area (Å²) in [6.45, 7) is 1.14. The van der Waals surface area contributed by atoms with Gasteiger partial charge in [0.2, 0.25) is 0 Å². The fourth-order valence-corrected chi connectivity index (χ4v) is 2.66. The van der Waals surface area contributed by atoms with E-state index in [9.17, 15) is 0 Å². The lowest BCUT2D eigenvalue weighted by Gasteiger charge is -2.13. The van der Waals surface area contributed by atoms with E-state index in [4.69, 9.17) is 0 Å². The zero-order valence-electron chi connectivity index (χ0n) is 7.19. The minimum atomic E-state index is 0.534. The molecule has 1 nitrogen and oxygen atoms in total. The number of halogens is 2. The first kappa shape index (κ1) is 9.69. The maximum atomic E-state index is 3.60. The van der Waals surface area contributed by atoms with E-state index in [0.29, 0.717) is 6.04 Å². The molecule has 70 valence electrons. The van der Waals surface area contributed by atoms with Gasteiger partial charge >= 0.3 is 0 Å². The second-order valence-corrected chi connectivity index (χ2v) is 4.94. The first-order valence-corrected chi connectivity index (χ1v) is 6.05. The van der Waals surface area contributed by atoms with Gasteiger partial charge < -0.3 is 5.32 Å². The van der Waals surface area contributed by atoms with Crippen LogP contribution in [-0.2, 0) is 0 Å². The van der Waals surface area contributed by atoms with Crippen molar-refractivity contribution in [2.45, 2.75) is 18.9 Å². The van der Waals surface area contributed by atoms with Crippen molar-refractivity contribution in [3.05, 3.63) is 32.7 Å². The van der Waals surface area contributed by atoms with E-state index in [2.05, 4.69) is 55.4 Å². The van der Waals surface area contributed by atoms with E-state index < -0.39 is 0 Å². The van der Waals surface area contributed by atoms with Crippen LogP contribution in [0.3, 0.4) is 0 Å². The average Bonchev–Trinajstić information content (AvgIpc) is 2.62. The fraction of sp³-hybridized carbons (Fsp3) is 0.400. The van der Waals surface area contributed by atoms with Gasteiger partial charge in [0.25, 0.3) is 0 Å². The Bertz CT molecular complexity index is 306. The quantitative estimate of drug-likeness (QED) is 0.835. The number of benzene rings is 1. The molecule has 1 aliphatic heterocycles. The van der Waals surface area contributed by atoms with Crippen molar-refractivity contribution in [2.24, 2.45) is 0 Å². The highest BCUT2D eigenvalue weighted by Gasteiger charge is 2.18. The molecule has 0 aliphatic carbocycles. The highest BCUT2D eigenvalue weighted by atomic mass is 79.9. The van der Waals surface area contributed by atoms with E-state index in [1.807, 2.05) is 0 Å². The summed E-state index contributed by atoms with van der Waals surface area (Å²) < 4.78 is 2.33. The molecule has 3 heteroatoms. The average molecular weight is 305 g/mol. The molecule has 0 radical (unpaired) electrons. The van der Waals surface area contributed by atoms with Crippen LogP contribution >= 0.6 is 31.9 Å². The lowest BCUT2D eigenvalue weighted by Crippen LogP contribution is -2.13. The van der Waals surface area contributed by atoms with E-state index >= 15 is 0 Å². The third-order valence-corrected chi connectivity index (χ3v) is 4.50. The first-order valence-electron chi connectivity index (χ1n) is 4.46. The van der Waals surface area contributed by atoms with Crippen LogP contribution in [0.5, 0.6) is 0 Å². The van der Waals surface area contributed by atoms with Crippen molar-refractivity contribution in [3.63, 3.8) is 0 Å². The van der Waals surface area contributed by atoms with Crippen LogP contribution in [0.15, 0.2) is 27.1 Å². The zero-order chi connectivity index (χ0) is 9.26. The molecule has 13 heavy (non-hydrogen) atoms. The number of hydrogen-bond acceptors (Lipinski definition) is 1. The number of nitrogens with one attached hydrogen (secondary N) is 1. The SMILES string of the molecule is Brc1cccc(C2CCCN2)c1Br. The number of hydrogen-bond donors (Lipinski definition) is 1. The molecule has 1 aliphatic rings. The van der Waals surface area contributed by atoms with Crippen molar-refractivity contribution in [2.75, 3.05) is 6.54 Å². The van der Waals surface area contributed by atoms with Crippen LogP contribution in [0.2, 0.25) is 0 Å². The molecular formula is C10H11Br2N. The smallest absolute Gasteiger partial charge is 0.0365 e. The monoisotopic (exact) mass is 303 g/mol. The van der Waals surface area contributed by atoms with Crippen molar-refractivity contribution < 1.29 is 0 Å². The van der Waals surface area contributed by atoms with Gasteiger partial charge in [0.15, 0.2) is 0 Å². The second-order valence-electron chi connectivity index (χ2n) is 3.29. The molecule has 1 heterocycles. The van der Waals surface area contributed by atoms with E-state index in [1.54, 1.807) is 0 Å². The summed E-state index contributed by atoms with van der Waals surface area (Å²) in [4.78, 5) is 0. The zero-order valence-corrected chi connectivity index (χ0v) is 10.4. The van der Waals surface area contributed by atoms with Crippen LogP contribution in [0.25, 0.3) is 0 Å². The predicted octanol–water partition coefficient (Wildman–Crippen LogP) is 3.64. The maximum Gasteiger partial charge on any atom is 0.0365 e. The van der Waals surface area contributed by atoms with Gasteiger partial charge in [0.05, 0.1) is 0 Å². The predicted molar refractivity (Wildman–Crippen MR) is 61.8 cm³/mol. The Kier molecular flexibility index (Phi) is 3.06. The molecule has 1 unspecified atom stereocenters. The summed E-state index contributed by atoms with van der Waals surface area (Å²) in [7, 11) is 0. The third kappa shape index (κ3) is 1.97. The van der Waals surface area contributed by atoms with Crippen molar-refractivity contribution in [1.29, 1.82) is 0 Å². The van der Waals surface area contributed by atoms with Gasteiger partial charge in [0, 0.05) is 15.0 Å². The van der Waals surface area contributed by atoms with E-state index in [1.165, 1.54) is 22.9 Å². The minimum absolute atomic E-state index is 0.534. The molecule has 1 N–H and O–H groups in total. The molecular weight excluding hydrogens is 294 g/mol. The minimum Gasteiger partial charge on any atom is -0.310 e. The van der Waals surface area contributed by atoms with Gasteiger partial charge in [-0.3, -0.25) is 0 Å². The number of rotatable bonds is 1. The van der Waals surface area contributed by atoms with Crippen LogP contribution in [0.1, 0.15) is 24.4 Å². The molecule has 1 atom stereocenters. The van der Waals surface area contributed by atoms with Crippen molar-refractivity contribution >= 4 is 31.9 Å². The molecule has 0 aromatic heterocycles. The van der Waals surface area contributed by atoms with Crippen LogP contribution < -0.4 is 5.32 Å². The van der Waals surface area contributed by atoms with Crippen molar-refractivity contribution in [1.82, 2.24) is 5.32 Å².